The predicted molar refractivity (Wildman–Crippen MR) is 112 cm³/mol. The maximum Gasteiger partial charge on any atom is 0.246 e. The van der Waals surface area contributed by atoms with Gasteiger partial charge in [0.2, 0.25) is 5.91 Å². The Hall–Kier alpha value is -1.39. The third kappa shape index (κ3) is 9.03. The fraction of sp³-hybridized carbons (Fsp3) is 0.529. The van der Waals surface area contributed by atoms with Crippen LogP contribution in [0.25, 0.3) is 0 Å². The van der Waals surface area contributed by atoms with E-state index in [1.807, 2.05) is 37.3 Å². The Morgan fingerprint density at radius 3 is 2.60 bits per heavy atom. The number of nitrogens with one attached hydrogen (secondary N) is 3. The van der Waals surface area contributed by atoms with Crippen molar-refractivity contribution in [1.82, 2.24) is 15.5 Å². The van der Waals surface area contributed by atoms with Crippen molar-refractivity contribution < 1.29 is 9.53 Å². The van der Waals surface area contributed by atoms with Crippen LogP contribution in [-0.4, -0.2) is 69.2 Å². The van der Waals surface area contributed by atoms with Gasteiger partial charge in [-0.2, -0.15) is 0 Å². The molecule has 0 saturated carbocycles. The number of carbonyl (C=O) groups is 1. The van der Waals surface area contributed by atoms with Gasteiger partial charge in [0.15, 0.2) is 5.96 Å². The predicted octanol–water partition coefficient (Wildman–Crippen LogP) is 1.13. The molecule has 0 aliphatic carbocycles. The lowest BCUT2D eigenvalue weighted by atomic mass is 10.3. The molecule has 1 aromatic rings. The lowest BCUT2D eigenvalue weighted by Gasteiger charge is -2.26. The smallest absolute Gasteiger partial charge is 0.246 e. The maximum absolute atomic E-state index is 11.9. The molecule has 1 fully saturated rings. The molecule has 1 heterocycles. The Morgan fingerprint density at radius 1 is 1.20 bits per heavy atom. The van der Waals surface area contributed by atoms with Crippen molar-refractivity contribution in [2.24, 2.45) is 4.99 Å². The minimum atomic E-state index is -0.133. The third-order valence-electron chi connectivity index (χ3n) is 3.61. The Balaban J connectivity index is 0.00000312. The molecule has 0 atom stereocenters. The number of halogens is 1. The summed E-state index contributed by atoms with van der Waals surface area (Å²) in [4.78, 5) is 18.6. The second kappa shape index (κ2) is 12.9. The molecule has 0 bridgehead atoms. The summed E-state index contributed by atoms with van der Waals surface area (Å²) < 4.78 is 5.34. The Kier molecular flexibility index (Phi) is 11.2. The summed E-state index contributed by atoms with van der Waals surface area (Å²) in [5.74, 6) is 0.528. The molecular formula is C17H28IN5O2. The van der Waals surface area contributed by atoms with E-state index in [1.165, 1.54) is 0 Å². The molecule has 0 aromatic heterocycles. The van der Waals surface area contributed by atoms with Crippen molar-refractivity contribution in [2.75, 3.05) is 57.8 Å². The van der Waals surface area contributed by atoms with E-state index in [2.05, 4.69) is 25.8 Å². The number of guanidine groups is 1. The molecule has 140 valence electrons. The molecule has 2 rings (SSSR count). The topological polar surface area (TPSA) is 78.0 Å². The molecular weight excluding hydrogens is 433 g/mol. The summed E-state index contributed by atoms with van der Waals surface area (Å²) in [6, 6.07) is 9.39. The molecule has 1 aromatic carbocycles. The summed E-state index contributed by atoms with van der Waals surface area (Å²) in [6.07, 6.45) is 0. The molecule has 3 N–H and O–H groups in total. The van der Waals surface area contributed by atoms with E-state index in [0.717, 1.165) is 51.6 Å². The van der Waals surface area contributed by atoms with Gasteiger partial charge in [-0.1, -0.05) is 18.2 Å². The summed E-state index contributed by atoms with van der Waals surface area (Å²) in [7, 11) is 0. The van der Waals surface area contributed by atoms with Crippen molar-refractivity contribution in [1.29, 1.82) is 0 Å². The standard InChI is InChI=1S/C17H27N5O2.HI/c1-2-18-17(19-8-9-22-10-12-24-13-11-22)20-14-16(23)21-15-6-4-3-5-7-15;/h3-7H,2,8-14H2,1H3,(H,21,23)(H2,18,19,20);1H. The SMILES string of the molecule is CCNC(=NCC(=O)Nc1ccccc1)NCCN1CCOCC1.I. The molecule has 0 radical (unpaired) electrons. The zero-order valence-corrected chi connectivity index (χ0v) is 17.0. The van der Waals surface area contributed by atoms with Crippen molar-refractivity contribution in [3.8, 4) is 0 Å². The lowest BCUT2D eigenvalue weighted by molar-refractivity contribution is -0.114. The molecule has 25 heavy (non-hydrogen) atoms. The number of ether oxygens (including phenoxy) is 1. The number of nitrogens with zero attached hydrogens (tertiary/aromatic N) is 2. The van der Waals surface area contributed by atoms with Crippen molar-refractivity contribution in [2.45, 2.75) is 6.92 Å². The minimum Gasteiger partial charge on any atom is -0.379 e. The molecule has 7 nitrogen and oxygen atoms in total. The van der Waals surface area contributed by atoms with Crippen molar-refractivity contribution >= 4 is 41.5 Å². The van der Waals surface area contributed by atoms with Crippen molar-refractivity contribution in [3.05, 3.63) is 30.3 Å². The van der Waals surface area contributed by atoms with Gasteiger partial charge in [0, 0.05) is 38.4 Å². The Bertz CT molecular complexity index is 521. The van der Waals surface area contributed by atoms with E-state index in [4.69, 9.17) is 4.74 Å². The number of rotatable bonds is 7. The zero-order valence-electron chi connectivity index (χ0n) is 14.7. The number of para-hydroxylation sites is 1. The number of benzene rings is 1. The number of carbonyl (C=O) groups excluding carboxylic acids is 1. The summed E-state index contributed by atoms with van der Waals surface area (Å²) in [6.45, 7) is 8.09. The second-order valence-electron chi connectivity index (χ2n) is 5.49. The molecule has 1 aliphatic rings. The van der Waals surface area contributed by atoms with Gasteiger partial charge >= 0.3 is 0 Å². The molecule has 8 heteroatoms. The Morgan fingerprint density at radius 2 is 1.92 bits per heavy atom. The lowest BCUT2D eigenvalue weighted by Crippen LogP contribution is -2.44. The monoisotopic (exact) mass is 461 g/mol. The van der Waals surface area contributed by atoms with E-state index in [0.29, 0.717) is 5.96 Å². The third-order valence-corrected chi connectivity index (χ3v) is 3.61. The summed E-state index contributed by atoms with van der Waals surface area (Å²) >= 11 is 0. The number of morpholine rings is 1. The summed E-state index contributed by atoms with van der Waals surface area (Å²) in [5.41, 5.74) is 0.781. The van der Waals surface area contributed by atoms with Crippen LogP contribution in [0.5, 0.6) is 0 Å². The number of amides is 1. The highest BCUT2D eigenvalue weighted by Gasteiger charge is 2.09. The highest BCUT2D eigenvalue weighted by atomic mass is 127. The van der Waals surface area contributed by atoms with Crippen LogP contribution in [0.2, 0.25) is 0 Å². The van der Waals surface area contributed by atoms with Crippen LogP contribution in [0.15, 0.2) is 35.3 Å². The molecule has 1 saturated heterocycles. The molecule has 0 spiro atoms. The van der Waals surface area contributed by atoms with E-state index in [9.17, 15) is 4.79 Å². The first-order chi connectivity index (χ1) is 11.8. The van der Waals surface area contributed by atoms with Crippen LogP contribution >= 0.6 is 24.0 Å². The normalized spacial score (nSPS) is 15.2. The number of anilines is 1. The fourth-order valence-corrected chi connectivity index (χ4v) is 2.37. The van der Waals surface area contributed by atoms with Gasteiger partial charge in [-0.3, -0.25) is 9.69 Å². The van der Waals surface area contributed by atoms with Crippen LogP contribution in [0, 0.1) is 0 Å². The van der Waals surface area contributed by atoms with Gasteiger partial charge in [-0.25, -0.2) is 4.99 Å². The van der Waals surface area contributed by atoms with Gasteiger partial charge in [-0.05, 0) is 19.1 Å². The van der Waals surface area contributed by atoms with Crippen molar-refractivity contribution in [3.63, 3.8) is 0 Å². The number of hydrogen-bond donors (Lipinski definition) is 3. The second-order valence-corrected chi connectivity index (χ2v) is 5.49. The largest absolute Gasteiger partial charge is 0.379 e. The van der Waals surface area contributed by atoms with Crippen LogP contribution in [0.4, 0.5) is 5.69 Å². The molecule has 0 unspecified atom stereocenters. The average molecular weight is 461 g/mol. The van der Waals surface area contributed by atoms with Gasteiger partial charge < -0.3 is 20.7 Å². The average Bonchev–Trinajstić information content (AvgIpc) is 2.61. The zero-order chi connectivity index (χ0) is 17.0. The van der Waals surface area contributed by atoms with Crippen LogP contribution in [-0.2, 0) is 9.53 Å². The highest BCUT2D eigenvalue weighted by Crippen LogP contribution is 2.04. The fourth-order valence-electron chi connectivity index (χ4n) is 2.37. The van der Waals surface area contributed by atoms with Gasteiger partial charge in [0.1, 0.15) is 6.54 Å². The highest BCUT2D eigenvalue weighted by molar-refractivity contribution is 14.0. The molecule has 1 aliphatic heterocycles. The minimum absolute atomic E-state index is 0. The van der Waals surface area contributed by atoms with Crippen LogP contribution in [0.3, 0.4) is 0 Å². The van der Waals surface area contributed by atoms with Gasteiger partial charge in [0.05, 0.1) is 13.2 Å². The first kappa shape index (κ1) is 21.7. The van der Waals surface area contributed by atoms with Gasteiger partial charge in [-0.15, -0.1) is 24.0 Å². The van der Waals surface area contributed by atoms with Crippen LogP contribution in [0.1, 0.15) is 6.92 Å². The number of aliphatic imine (C=N–C) groups is 1. The van der Waals surface area contributed by atoms with Gasteiger partial charge in [0.25, 0.3) is 0 Å². The first-order valence-electron chi connectivity index (χ1n) is 8.45. The van der Waals surface area contributed by atoms with E-state index >= 15 is 0 Å². The van der Waals surface area contributed by atoms with E-state index in [-0.39, 0.29) is 36.4 Å². The molecule has 1 amide bonds. The first-order valence-corrected chi connectivity index (χ1v) is 8.45. The maximum atomic E-state index is 11.9. The van der Waals surface area contributed by atoms with Crippen LogP contribution < -0.4 is 16.0 Å². The Labute approximate surface area is 166 Å². The summed E-state index contributed by atoms with van der Waals surface area (Å²) in [5, 5.41) is 9.24. The quantitative estimate of drug-likeness (QED) is 0.323. The van der Waals surface area contributed by atoms with E-state index in [1.54, 1.807) is 0 Å². The van der Waals surface area contributed by atoms with E-state index < -0.39 is 0 Å². The number of hydrogen-bond acceptors (Lipinski definition) is 4.